The number of benzene rings is 1. The first-order valence-corrected chi connectivity index (χ1v) is 7.08. The van der Waals surface area contributed by atoms with Gasteiger partial charge >= 0.3 is 5.97 Å². The molecular formula is C16H23NO4. The average molecular weight is 293 g/mol. The number of carbonyl (C=O) groups is 2. The van der Waals surface area contributed by atoms with Gasteiger partial charge in [0.15, 0.2) is 0 Å². The van der Waals surface area contributed by atoms with E-state index in [9.17, 15) is 14.7 Å². The highest BCUT2D eigenvalue weighted by atomic mass is 16.5. The molecule has 0 aliphatic carbocycles. The van der Waals surface area contributed by atoms with Gasteiger partial charge in [-0.05, 0) is 30.5 Å². The molecule has 1 amide bonds. The minimum atomic E-state index is -0.897. The lowest BCUT2D eigenvalue weighted by Crippen LogP contribution is -2.42. The third-order valence-electron chi connectivity index (χ3n) is 3.92. The second-order valence-corrected chi connectivity index (χ2v) is 5.11. The van der Waals surface area contributed by atoms with Gasteiger partial charge in [0.2, 0.25) is 0 Å². The quantitative estimate of drug-likeness (QED) is 0.772. The van der Waals surface area contributed by atoms with Crippen LogP contribution in [0, 0.1) is 5.41 Å². The van der Waals surface area contributed by atoms with Gasteiger partial charge in [-0.25, -0.2) is 0 Å². The second-order valence-electron chi connectivity index (χ2n) is 5.11. The van der Waals surface area contributed by atoms with Crippen molar-refractivity contribution in [3.8, 4) is 0 Å². The molecule has 1 aromatic rings. The number of carboxylic acid groups (broad SMARTS) is 1. The number of amides is 1. The van der Waals surface area contributed by atoms with Gasteiger partial charge in [-0.3, -0.25) is 9.59 Å². The zero-order valence-electron chi connectivity index (χ0n) is 12.8. The molecule has 21 heavy (non-hydrogen) atoms. The Labute approximate surface area is 125 Å². The van der Waals surface area contributed by atoms with Crippen LogP contribution >= 0.6 is 0 Å². The van der Waals surface area contributed by atoms with Crippen LogP contribution in [0.1, 0.15) is 42.6 Å². The van der Waals surface area contributed by atoms with E-state index in [1.165, 1.54) is 0 Å². The number of aliphatic carboxylic acids is 1. The molecule has 0 unspecified atom stereocenters. The Kier molecular flexibility index (Phi) is 6.37. The van der Waals surface area contributed by atoms with Crippen LogP contribution in [0.2, 0.25) is 0 Å². The summed E-state index contributed by atoms with van der Waals surface area (Å²) in [5.74, 6) is -1.13. The minimum Gasteiger partial charge on any atom is -0.481 e. The first-order chi connectivity index (χ1) is 9.99. The molecule has 0 fully saturated rings. The van der Waals surface area contributed by atoms with Crippen molar-refractivity contribution in [2.75, 3.05) is 13.7 Å². The van der Waals surface area contributed by atoms with Crippen LogP contribution in [0.4, 0.5) is 0 Å². The summed E-state index contributed by atoms with van der Waals surface area (Å²) >= 11 is 0. The maximum atomic E-state index is 12.1. The molecule has 0 aliphatic rings. The van der Waals surface area contributed by atoms with Crippen molar-refractivity contribution in [2.24, 2.45) is 5.41 Å². The summed E-state index contributed by atoms with van der Waals surface area (Å²) < 4.78 is 5.01. The van der Waals surface area contributed by atoms with Crippen LogP contribution in [0.5, 0.6) is 0 Å². The number of rotatable bonds is 8. The van der Waals surface area contributed by atoms with Gasteiger partial charge in [0.25, 0.3) is 5.91 Å². The molecule has 0 bridgehead atoms. The highest BCUT2D eigenvalue weighted by Crippen LogP contribution is 2.25. The van der Waals surface area contributed by atoms with Gasteiger partial charge in [0.05, 0.1) is 12.0 Å². The number of ether oxygens (including phenoxy) is 1. The molecule has 5 heteroatoms. The fourth-order valence-corrected chi connectivity index (χ4v) is 2.15. The van der Waals surface area contributed by atoms with Crippen molar-refractivity contribution in [1.82, 2.24) is 5.32 Å². The van der Waals surface area contributed by atoms with Crippen molar-refractivity contribution in [3.05, 3.63) is 35.4 Å². The maximum absolute atomic E-state index is 12.1. The molecule has 0 heterocycles. The third kappa shape index (κ3) is 4.29. The zero-order valence-corrected chi connectivity index (χ0v) is 12.8. The van der Waals surface area contributed by atoms with Crippen molar-refractivity contribution in [2.45, 2.75) is 33.3 Å². The Balaban J connectivity index is 2.70. The van der Waals surface area contributed by atoms with E-state index >= 15 is 0 Å². The summed E-state index contributed by atoms with van der Waals surface area (Å²) in [4.78, 5) is 23.5. The van der Waals surface area contributed by atoms with Crippen LogP contribution in [-0.2, 0) is 16.1 Å². The van der Waals surface area contributed by atoms with E-state index < -0.39 is 11.4 Å². The third-order valence-corrected chi connectivity index (χ3v) is 3.92. The Morgan fingerprint density at radius 2 is 1.76 bits per heavy atom. The Hall–Kier alpha value is -1.88. The maximum Gasteiger partial charge on any atom is 0.311 e. The van der Waals surface area contributed by atoms with Gasteiger partial charge in [-0.2, -0.15) is 0 Å². The normalized spacial score (nSPS) is 11.2. The van der Waals surface area contributed by atoms with Crippen LogP contribution in [0.3, 0.4) is 0 Å². The summed E-state index contributed by atoms with van der Waals surface area (Å²) in [5, 5.41) is 12.1. The smallest absolute Gasteiger partial charge is 0.311 e. The molecule has 5 nitrogen and oxygen atoms in total. The first-order valence-electron chi connectivity index (χ1n) is 7.08. The molecule has 116 valence electrons. The molecule has 0 aliphatic heterocycles. The van der Waals surface area contributed by atoms with Crippen LogP contribution in [0.25, 0.3) is 0 Å². The van der Waals surface area contributed by atoms with Crippen molar-refractivity contribution < 1.29 is 19.4 Å². The molecule has 0 saturated heterocycles. The minimum absolute atomic E-state index is 0.133. The summed E-state index contributed by atoms with van der Waals surface area (Å²) in [6, 6.07) is 7.07. The molecule has 0 spiro atoms. The number of methoxy groups -OCH3 is 1. The second kappa shape index (κ2) is 7.78. The molecule has 0 saturated carbocycles. The SMILES string of the molecule is CCC(CC)(CNC(=O)c1ccc(COC)cc1)C(=O)O. The largest absolute Gasteiger partial charge is 0.481 e. The van der Waals surface area contributed by atoms with E-state index in [0.717, 1.165) is 5.56 Å². The summed E-state index contributed by atoms with van der Waals surface area (Å²) in [6.45, 7) is 4.27. The lowest BCUT2D eigenvalue weighted by Gasteiger charge is -2.26. The predicted molar refractivity (Wildman–Crippen MR) is 80.1 cm³/mol. The molecule has 1 aromatic carbocycles. The van der Waals surface area contributed by atoms with Crippen molar-refractivity contribution in [3.63, 3.8) is 0 Å². The Morgan fingerprint density at radius 1 is 1.19 bits per heavy atom. The highest BCUT2D eigenvalue weighted by molar-refractivity contribution is 5.94. The van der Waals surface area contributed by atoms with Crippen LogP contribution in [-0.4, -0.2) is 30.6 Å². The first kappa shape index (κ1) is 17.2. The van der Waals surface area contributed by atoms with Crippen LogP contribution in [0.15, 0.2) is 24.3 Å². The lowest BCUT2D eigenvalue weighted by molar-refractivity contribution is -0.149. The van der Waals surface area contributed by atoms with Crippen molar-refractivity contribution >= 4 is 11.9 Å². The summed E-state index contributed by atoms with van der Waals surface area (Å²) in [7, 11) is 1.61. The molecular weight excluding hydrogens is 270 g/mol. The molecule has 0 radical (unpaired) electrons. The van der Waals surface area contributed by atoms with E-state index in [1.54, 1.807) is 19.2 Å². The molecule has 2 N–H and O–H groups in total. The standard InChI is InChI=1S/C16H23NO4/c1-4-16(5-2,15(19)20)11-17-14(18)13-8-6-12(7-9-13)10-21-3/h6-9H,4-5,10-11H2,1-3H3,(H,17,18)(H,19,20). The number of nitrogens with one attached hydrogen (secondary N) is 1. The van der Waals surface area contributed by atoms with E-state index in [2.05, 4.69) is 5.32 Å². The summed E-state index contributed by atoms with van der Waals surface area (Å²) in [6.07, 6.45) is 0.956. The predicted octanol–water partition coefficient (Wildman–Crippen LogP) is 2.45. The zero-order chi connectivity index (χ0) is 15.9. The van der Waals surface area contributed by atoms with Crippen molar-refractivity contribution in [1.29, 1.82) is 0 Å². The number of carbonyl (C=O) groups excluding carboxylic acids is 1. The fourth-order valence-electron chi connectivity index (χ4n) is 2.15. The highest BCUT2D eigenvalue weighted by Gasteiger charge is 2.35. The summed E-state index contributed by atoms with van der Waals surface area (Å²) in [5.41, 5.74) is 0.600. The van der Waals surface area contributed by atoms with Gasteiger partial charge in [0.1, 0.15) is 0 Å². The number of carboxylic acids is 1. The average Bonchev–Trinajstić information content (AvgIpc) is 2.49. The van der Waals surface area contributed by atoms with E-state index in [0.29, 0.717) is 25.0 Å². The van der Waals surface area contributed by atoms with Gasteiger partial charge < -0.3 is 15.2 Å². The molecule has 0 atom stereocenters. The number of hydrogen-bond donors (Lipinski definition) is 2. The number of hydrogen-bond acceptors (Lipinski definition) is 3. The Bertz CT molecular complexity index is 478. The van der Waals surface area contributed by atoms with E-state index in [1.807, 2.05) is 26.0 Å². The lowest BCUT2D eigenvalue weighted by atomic mass is 9.82. The fraction of sp³-hybridized carbons (Fsp3) is 0.500. The van der Waals surface area contributed by atoms with E-state index in [-0.39, 0.29) is 12.5 Å². The van der Waals surface area contributed by atoms with E-state index in [4.69, 9.17) is 4.74 Å². The van der Waals surface area contributed by atoms with Gasteiger partial charge in [0, 0.05) is 19.2 Å². The molecule has 1 rings (SSSR count). The molecule has 0 aromatic heterocycles. The van der Waals surface area contributed by atoms with Gasteiger partial charge in [-0.15, -0.1) is 0 Å². The monoisotopic (exact) mass is 293 g/mol. The Morgan fingerprint density at radius 3 is 2.19 bits per heavy atom. The van der Waals surface area contributed by atoms with Gasteiger partial charge in [-0.1, -0.05) is 26.0 Å². The van der Waals surface area contributed by atoms with Crippen LogP contribution < -0.4 is 5.32 Å². The topological polar surface area (TPSA) is 75.6 Å².